The molecule has 2 aromatic carbocycles. The average Bonchev–Trinajstić information content (AvgIpc) is 3.06. The van der Waals surface area contributed by atoms with Gasteiger partial charge in [0.15, 0.2) is 0 Å². The van der Waals surface area contributed by atoms with Crippen molar-refractivity contribution >= 4 is 46.1 Å². The Kier molecular flexibility index (Phi) is 6.14. The van der Waals surface area contributed by atoms with Crippen molar-refractivity contribution in [3.8, 4) is 5.75 Å². The molecule has 1 heterocycles. The van der Waals surface area contributed by atoms with Crippen molar-refractivity contribution in [2.75, 3.05) is 5.32 Å². The molecule has 1 amide bonds. The summed E-state index contributed by atoms with van der Waals surface area (Å²) in [4.78, 5) is 16.7. The summed E-state index contributed by atoms with van der Waals surface area (Å²) in [5.41, 5.74) is 2.27. The number of thiazole rings is 1. The van der Waals surface area contributed by atoms with E-state index >= 15 is 0 Å². The Morgan fingerprint density at radius 2 is 1.96 bits per heavy atom. The number of hydrogen-bond donors (Lipinski definition) is 1. The molecule has 0 bridgehead atoms. The fourth-order valence-corrected chi connectivity index (χ4v) is 3.28. The van der Waals surface area contributed by atoms with Crippen LogP contribution in [0.2, 0.25) is 10.0 Å². The topological polar surface area (TPSA) is 51.2 Å². The van der Waals surface area contributed by atoms with Gasteiger partial charge < -0.3 is 10.1 Å². The van der Waals surface area contributed by atoms with Crippen LogP contribution in [0.5, 0.6) is 5.75 Å². The van der Waals surface area contributed by atoms with Gasteiger partial charge in [0.1, 0.15) is 17.4 Å². The molecule has 134 valence electrons. The lowest BCUT2D eigenvalue weighted by Crippen LogP contribution is -2.15. The van der Waals surface area contributed by atoms with Crippen LogP contribution in [-0.2, 0) is 17.8 Å². The minimum atomic E-state index is -0.133. The smallest absolute Gasteiger partial charge is 0.230 e. The molecule has 0 saturated carbocycles. The Bertz CT molecular complexity index is 910. The molecule has 0 aliphatic rings. The molecule has 0 fully saturated rings. The maximum Gasteiger partial charge on any atom is 0.230 e. The molecule has 7 heteroatoms. The third-order valence-corrected chi connectivity index (χ3v) is 5.19. The molecule has 0 saturated heterocycles. The zero-order valence-corrected chi connectivity index (χ0v) is 16.3. The first-order chi connectivity index (χ1) is 12.5. The molecule has 0 unspecified atom stereocenters. The van der Waals surface area contributed by atoms with Gasteiger partial charge in [-0.2, -0.15) is 0 Å². The number of hydrogen-bond acceptors (Lipinski definition) is 4. The predicted molar refractivity (Wildman–Crippen MR) is 106 cm³/mol. The van der Waals surface area contributed by atoms with E-state index in [2.05, 4.69) is 10.3 Å². The van der Waals surface area contributed by atoms with E-state index in [1.807, 2.05) is 18.4 Å². The second-order valence-electron chi connectivity index (χ2n) is 5.61. The van der Waals surface area contributed by atoms with Gasteiger partial charge in [-0.15, -0.1) is 11.3 Å². The summed E-state index contributed by atoms with van der Waals surface area (Å²) in [7, 11) is 0. The average molecular weight is 407 g/mol. The Morgan fingerprint density at radius 1 is 1.19 bits per heavy atom. The lowest BCUT2D eigenvalue weighted by atomic mass is 10.2. The third-order valence-electron chi connectivity index (χ3n) is 3.66. The summed E-state index contributed by atoms with van der Waals surface area (Å²) in [6.45, 7) is 2.22. The maximum atomic E-state index is 12.2. The first-order valence-electron chi connectivity index (χ1n) is 7.88. The van der Waals surface area contributed by atoms with Crippen molar-refractivity contribution < 1.29 is 9.53 Å². The van der Waals surface area contributed by atoms with Crippen molar-refractivity contribution in [3.63, 3.8) is 0 Å². The Balaban J connectivity index is 1.55. The van der Waals surface area contributed by atoms with Crippen LogP contribution in [0.25, 0.3) is 0 Å². The number of carbonyl (C=O) groups excluding carboxylic acids is 1. The van der Waals surface area contributed by atoms with Crippen LogP contribution in [0.1, 0.15) is 16.3 Å². The SMILES string of the molecule is Cc1c(Cl)cccc1NC(=O)Cc1csc(COc2ccc(Cl)cc2)n1. The molecule has 0 radical (unpaired) electrons. The highest BCUT2D eigenvalue weighted by atomic mass is 35.5. The maximum absolute atomic E-state index is 12.2. The van der Waals surface area contributed by atoms with E-state index in [1.165, 1.54) is 11.3 Å². The van der Waals surface area contributed by atoms with E-state index in [-0.39, 0.29) is 12.3 Å². The molecule has 1 N–H and O–H groups in total. The number of nitrogens with zero attached hydrogens (tertiary/aromatic N) is 1. The van der Waals surface area contributed by atoms with Gasteiger partial charge in [-0.05, 0) is 48.9 Å². The van der Waals surface area contributed by atoms with E-state index in [0.717, 1.165) is 16.3 Å². The van der Waals surface area contributed by atoms with Gasteiger partial charge in [-0.25, -0.2) is 4.98 Å². The molecule has 0 atom stereocenters. The molecular weight excluding hydrogens is 391 g/mol. The number of amides is 1. The molecule has 3 rings (SSSR count). The standard InChI is InChI=1S/C19H16Cl2N2O2S/c1-12-16(21)3-2-4-17(12)23-18(24)9-14-11-26-19(22-14)10-25-15-7-5-13(20)6-8-15/h2-8,11H,9-10H2,1H3,(H,23,24). The van der Waals surface area contributed by atoms with Crippen LogP contribution in [0.4, 0.5) is 5.69 Å². The van der Waals surface area contributed by atoms with Crippen LogP contribution in [0.3, 0.4) is 0 Å². The zero-order valence-electron chi connectivity index (χ0n) is 14.0. The Hall–Kier alpha value is -2.08. The number of benzene rings is 2. The second kappa shape index (κ2) is 8.54. The number of aromatic nitrogens is 1. The highest BCUT2D eigenvalue weighted by Crippen LogP contribution is 2.23. The largest absolute Gasteiger partial charge is 0.486 e. The van der Waals surface area contributed by atoms with Gasteiger partial charge in [0.2, 0.25) is 5.91 Å². The van der Waals surface area contributed by atoms with Crippen molar-refractivity contribution in [2.24, 2.45) is 0 Å². The van der Waals surface area contributed by atoms with Gasteiger partial charge in [-0.3, -0.25) is 4.79 Å². The fraction of sp³-hybridized carbons (Fsp3) is 0.158. The molecule has 1 aromatic heterocycles. The van der Waals surface area contributed by atoms with Crippen molar-refractivity contribution in [1.82, 2.24) is 4.98 Å². The lowest BCUT2D eigenvalue weighted by molar-refractivity contribution is -0.115. The van der Waals surface area contributed by atoms with Crippen LogP contribution in [0, 0.1) is 6.92 Å². The second-order valence-corrected chi connectivity index (χ2v) is 7.40. The van der Waals surface area contributed by atoms with Crippen LogP contribution < -0.4 is 10.1 Å². The number of halogens is 2. The van der Waals surface area contributed by atoms with E-state index in [1.54, 1.807) is 36.4 Å². The highest BCUT2D eigenvalue weighted by molar-refractivity contribution is 7.09. The summed E-state index contributed by atoms with van der Waals surface area (Å²) < 4.78 is 5.66. The molecular formula is C19H16Cl2N2O2S. The van der Waals surface area contributed by atoms with Crippen molar-refractivity contribution in [3.05, 3.63) is 74.2 Å². The zero-order chi connectivity index (χ0) is 18.5. The molecule has 0 spiro atoms. The van der Waals surface area contributed by atoms with Gasteiger partial charge in [0, 0.05) is 21.1 Å². The number of rotatable bonds is 6. The Labute approximate surface area is 165 Å². The summed E-state index contributed by atoms with van der Waals surface area (Å²) in [5.74, 6) is 0.589. The summed E-state index contributed by atoms with van der Waals surface area (Å²) in [6.07, 6.45) is 0.198. The van der Waals surface area contributed by atoms with Gasteiger partial charge in [0.25, 0.3) is 0 Å². The van der Waals surface area contributed by atoms with E-state index < -0.39 is 0 Å². The van der Waals surface area contributed by atoms with E-state index in [9.17, 15) is 4.79 Å². The van der Waals surface area contributed by atoms with Crippen LogP contribution >= 0.6 is 34.5 Å². The molecule has 26 heavy (non-hydrogen) atoms. The number of nitrogens with one attached hydrogen (secondary N) is 1. The Morgan fingerprint density at radius 3 is 2.73 bits per heavy atom. The summed E-state index contributed by atoms with van der Waals surface area (Å²) >= 11 is 13.4. The van der Waals surface area contributed by atoms with Gasteiger partial charge in [-0.1, -0.05) is 29.3 Å². The van der Waals surface area contributed by atoms with Crippen LogP contribution in [-0.4, -0.2) is 10.9 Å². The number of anilines is 1. The normalized spacial score (nSPS) is 10.6. The van der Waals surface area contributed by atoms with Crippen LogP contribution in [0.15, 0.2) is 47.8 Å². The van der Waals surface area contributed by atoms with Gasteiger partial charge in [0.05, 0.1) is 12.1 Å². The number of ether oxygens (including phenoxy) is 1. The quantitative estimate of drug-likeness (QED) is 0.586. The lowest BCUT2D eigenvalue weighted by Gasteiger charge is -2.08. The predicted octanol–water partition coefficient (Wildman–Crippen LogP) is 5.52. The summed E-state index contributed by atoms with van der Waals surface area (Å²) in [6, 6.07) is 12.6. The summed E-state index contributed by atoms with van der Waals surface area (Å²) in [5, 5.41) is 6.83. The number of carbonyl (C=O) groups is 1. The monoisotopic (exact) mass is 406 g/mol. The molecule has 0 aliphatic heterocycles. The van der Waals surface area contributed by atoms with Crippen molar-refractivity contribution in [1.29, 1.82) is 0 Å². The fourth-order valence-electron chi connectivity index (χ4n) is 2.27. The molecule has 0 aliphatic carbocycles. The first-order valence-corrected chi connectivity index (χ1v) is 9.51. The highest BCUT2D eigenvalue weighted by Gasteiger charge is 2.10. The van der Waals surface area contributed by atoms with E-state index in [0.29, 0.717) is 28.0 Å². The van der Waals surface area contributed by atoms with Gasteiger partial charge >= 0.3 is 0 Å². The minimum Gasteiger partial charge on any atom is -0.486 e. The third kappa shape index (κ3) is 4.97. The van der Waals surface area contributed by atoms with E-state index in [4.69, 9.17) is 27.9 Å². The molecule has 3 aromatic rings. The first kappa shape index (κ1) is 18.7. The molecule has 4 nitrogen and oxygen atoms in total. The van der Waals surface area contributed by atoms with Crippen molar-refractivity contribution in [2.45, 2.75) is 20.0 Å². The minimum absolute atomic E-state index is 0.133.